The Balaban J connectivity index is 1.65. The number of methoxy groups -OCH3 is 1. The third kappa shape index (κ3) is 3.86. The van der Waals surface area contributed by atoms with Gasteiger partial charge in [0.2, 0.25) is 15.9 Å². The predicted molar refractivity (Wildman–Crippen MR) is 95.0 cm³/mol. The van der Waals surface area contributed by atoms with Crippen LogP contribution in [0.3, 0.4) is 0 Å². The van der Waals surface area contributed by atoms with Crippen LogP contribution in [0.4, 0.5) is 10.1 Å². The molecular formula is C18H19FN2O4S. The smallest absolute Gasteiger partial charge is 0.243 e. The predicted octanol–water partition coefficient (Wildman–Crippen LogP) is 2.17. The molecule has 6 nitrogen and oxygen atoms in total. The lowest BCUT2D eigenvalue weighted by Gasteiger charge is -2.17. The van der Waals surface area contributed by atoms with Crippen LogP contribution in [-0.2, 0) is 14.8 Å². The van der Waals surface area contributed by atoms with Gasteiger partial charge < -0.3 is 9.64 Å². The van der Waals surface area contributed by atoms with Gasteiger partial charge in [-0.25, -0.2) is 17.5 Å². The first-order valence-corrected chi connectivity index (χ1v) is 9.57. The number of nitrogens with one attached hydrogen (secondary N) is 1. The topological polar surface area (TPSA) is 75.7 Å². The summed E-state index contributed by atoms with van der Waals surface area (Å²) >= 11 is 0. The van der Waals surface area contributed by atoms with E-state index < -0.39 is 20.7 Å². The van der Waals surface area contributed by atoms with Gasteiger partial charge in [0.05, 0.1) is 7.11 Å². The molecule has 1 heterocycles. The molecule has 2 aromatic rings. The summed E-state index contributed by atoms with van der Waals surface area (Å²) < 4.78 is 45.7. The Morgan fingerprint density at radius 1 is 1.19 bits per heavy atom. The molecular weight excluding hydrogens is 359 g/mol. The molecule has 2 aromatic carbocycles. The molecule has 1 N–H and O–H groups in total. The van der Waals surface area contributed by atoms with Crippen LogP contribution in [0.15, 0.2) is 53.4 Å². The van der Waals surface area contributed by atoms with Crippen molar-refractivity contribution in [1.29, 1.82) is 0 Å². The molecule has 1 fully saturated rings. The quantitative estimate of drug-likeness (QED) is 0.836. The summed E-state index contributed by atoms with van der Waals surface area (Å²) in [4.78, 5) is 13.5. The normalized spacial score (nSPS) is 17.5. The van der Waals surface area contributed by atoms with Gasteiger partial charge in [-0.1, -0.05) is 12.1 Å². The van der Waals surface area contributed by atoms with Crippen molar-refractivity contribution in [1.82, 2.24) is 4.72 Å². The molecule has 3 rings (SSSR count). The van der Waals surface area contributed by atoms with Crippen LogP contribution in [0.25, 0.3) is 0 Å². The van der Waals surface area contributed by atoms with Crippen molar-refractivity contribution in [3.8, 4) is 5.75 Å². The maximum Gasteiger partial charge on any atom is 0.243 e. The summed E-state index contributed by atoms with van der Waals surface area (Å²) in [5.74, 6) is -0.381. The maximum absolute atomic E-state index is 13.7. The lowest BCUT2D eigenvalue weighted by molar-refractivity contribution is -0.117. The molecule has 1 amide bonds. The molecule has 8 heteroatoms. The van der Waals surface area contributed by atoms with E-state index in [1.54, 1.807) is 36.3 Å². The van der Waals surface area contributed by atoms with Crippen molar-refractivity contribution in [2.24, 2.45) is 5.92 Å². The average Bonchev–Trinajstić information content (AvgIpc) is 3.01. The Labute approximate surface area is 151 Å². The number of benzene rings is 2. The molecule has 0 spiro atoms. The first-order valence-electron chi connectivity index (χ1n) is 8.09. The van der Waals surface area contributed by atoms with Crippen LogP contribution in [0, 0.1) is 11.7 Å². The van der Waals surface area contributed by atoms with Crippen molar-refractivity contribution < 1.29 is 22.3 Å². The van der Waals surface area contributed by atoms with Gasteiger partial charge in [-0.15, -0.1) is 0 Å². The van der Waals surface area contributed by atoms with Crippen LogP contribution in [-0.4, -0.2) is 34.5 Å². The molecule has 0 saturated carbocycles. The zero-order valence-electron chi connectivity index (χ0n) is 14.2. The standard InChI is InChI=1S/C18H19FN2O4S/c1-25-15-8-6-14(7-9-15)21-12-13(10-18(21)22)11-20-26(23,24)17-5-3-2-4-16(17)19/h2-9,13,20H,10-12H2,1H3/t13-/m1/s1. The average molecular weight is 378 g/mol. The molecule has 1 saturated heterocycles. The molecule has 0 bridgehead atoms. The highest BCUT2D eigenvalue weighted by Gasteiger charge is 2.31. The number of ether oxygens (including phenoxy) is 1. The van der Waals surface area contributed by atoms with Crippen molar-refractivity contribution in [3.05, 3.63) is 54.3 Å². The van der Waals surface area contributed by atoms with Gasteiger partial charge in [-0.2, -0.15) is 0 Å². The van der Waals surface area contributed by atoms with Crippen LogP contribution in [0.2, 0.25) is 0 Å². The second kappa shape index (κ2) is 7.43. The zero-order valence-corrected chi connectivity index (χ0v) is 15.0. The molecule has 1 atom stereocenters. The van der Waals surface area contributed by atoms with Crippen LogP contribution < -0.4 is 14.4 Å². The first kappa shape index (κ1) is 18.3. The van der Waals surface area contributed by atoms with Gasteiger partial charge in [0.15, 0.2) is 0 Å². The molecule has 0 aliphatic carbocycles. The first-order chi connectivity index (χ1) is 12.4. The van der Waals surface area contributed by atoms with Crippen molar-refractivity contribution in [2.45, 2.75) is 11.3 Å². The molecule has 1 aliphatic heterocycles. The van der Waals surface area contributed by atoms with E-state index in [0.717, 1.165) is 11.8 Å². The van der Waals surface area contributed by atoms with E-state index in [1.807, 2.05) is 0 Å². The number of carbonyl (C=O) groups excluding carboxylic acids is 1. The highest BCUT2D eigenvalue weighted by atomic mass is 32.2. The number of rotatable bonds is 6. The number of hydrogen-bond acceptors (Lipinski definition) is 4. The van der Waals surface area contributed by atoms with Gasteiger partial charge in [0, 0.05) is 25.2 Å². The van der Waals surface area contributed by atoms with Crippen LogP contribution >= 0.6 is 0 Å². The van der Waals surface area contributed by atoms with Gasteiger partial charge in [0.1, 0.15) is 16.5 Å². The van der Waals surface area contributed by atoms with Gasteiger partial charge >= 0.3 is 0 Å². The summed E-state index contributed by atoms with van der Waals surface area (Å²) in [7, 11) is -2.40. The summed E-state index contributed by atoms with van der Waals surface area (Å²) in [5, 5.41) is 0. The molecule has 26 heavy (non-hydrogen) atoms. The monoisotopic (exact) mass is 378 g/mol. The Kier molecular flexibility index (Phi) is 5.24. The van der Waals surface area contributed by atoms with E-state index in [9.17, 15) is 17.6 Å². The second-order valence-electron chi connectivity index (χ2n) is 6.05. The summed E-state index contributed by atoms with van der Waals surface area (Å²) in [5.41, 5.74) is 0.732. The highest BCUT2D eigenvalue weighted by molar-refractivity contribution is 7.89. The molecule has 0 aromatic heterocycles. The fourth-order valence-electron chi connectivity index (χ4n) is 2.90. The van der Waals surface area contributed by atoms with Crippen LogP contribution in [0.5, 0.6) is 5.75 Å². The minimum Gasteiger partial charge on any atom is -0.497 e. The Morgan fingerprint density at radius 2 is 1.88 bits per heavy atom. The van der Waals surface area contributed by atoms with Crippen molar-refractivity contribution in [3.63, 3.8) is 0 Å². The lowest BCUT2D eigenvalue weighted by atomic mass is 10.1. The molecule has 0 unspecified atom stereocenters. The van der Waals surface area contributed by atoms with Gasteiger partial charge in [0.25, 0.3) is 0 Å². The van der Waals surface area contributed by atoms with Crippen molar-refractivity contribution >= 4 is 21.6 Å². The number of carbonyl (C=O) groups is 1. The number of halogens is 1. The highest BCUT2D eigenvalue weighted by Crippen LogP contribution is 2.26. The summed E-state index contributed by atoms with van der Waals surface area (Å²) in [6.45, 7) is 0.458. The molecule has 138 valence electrons. The van der Waals surface area contributed by atoms with Gasteiger partial charge in [-0.05, 0) is 42.3 Å². The summed E-state index contributed by atoms with van der Waals surface area (Å²) in [6, 6.07) is 12.3. The number of amides is 1. The minimum atomic E-state index is -3.96. The second-order valence-corrected chi connectivity index (χ2v) is 7.79. The molecule has 1 aliphatic rings. The number of nitrogens with zero attached hydrogens (tertiary/aromatic N) is 1. The SMILES string of the molecule is COc1ccc(N2C[C@@H](CNS(=O)(=O)c3ccccc3F)CC2=O)cc1. The van der Waals surface area contributed by atoms with E-state index in [-0.39, 0.29) is 24.8 Å². The fourth-order valence-corrected chi connectivity index (χ4v) is 4.09. The number of anilines is 1. The maximum atomic E-state index is 13.7. The van der Waals surface area contributed by atoms with E-state index in [1.165, 1.54) is 18.2 Å². The lowest BCUT2D eigenvalue weighted by Crippen LogP contribution is -2.31. The third-order valence-corrected chi connectivity index (χ3v) is 5.73. The zero-order chi connectivity index (χ0) is 18.7. The largest absolute Gasteiger partial charge is 0.497 e. The fraction of sp³-hybridized carbons (Fsp3) is 0.278. The van der Waals surface area contributed by atoms with Gasteiger partial charge in [-0.3, -0.25) is 4.79 Å². The Morgan fingerprint density at radius 3 is 2.54 bits per heavy atom. The number of sulfonamides is 1. The van der Waals surface area contributed by atoms with E-state index >= 15 is 0 Å². The van der Waals surface area contributed by atoms with E-state index in [4.69, 9.17) is 4.74 Å². The Hall–Kier alpha value is -2.45. The van der Waals surface area contributed by atoms with Crippen LogP contribution in [0.1, 0.15) is 6.42 Å². The number of hydrogen-bond donors (Lipinski definition) is 1. The Bertz CT molecular complexity index is 900. The van der Waals surface area contributed by atoms with E-state index in [0.29, 0.717) is 12.3 Å². The minimum absolute atomic E-state index is 0.0645. The summed E-state index contributed by atoms with van der Waals surface area (Å²) in [6.07, 6.45) is 0.228. The third-order valence-electron chi connectivity index (χ3n) is 4.28. The molecule has 0 radical (unpaired) electrons. The van der Waals surface area contributed by atoms with Crippen molar-refractivity contribution in [2.75, 3.05) is 25.1 Å². The van der Waals surface area contributed by atoms with E-state index in [2.05, 4.69) is 4.72 Å².